The van der Waals surface area contributed by atoms with Crippen LogP contribution < -0.4 is 10.2 Å². The fraction of sp³-hybridized carbons (Fsp3) is 0.182. The molecule has 29 heavy (non-hydrogen) atoms. The molecule has 0 atom stereocenters. The molecule has 1 aromatic carbocycles. The van der Waals surface area contributed by atoms with Crippen LogP contribution in [0.5, 0.6) is 0 Å². The lowest BCUT2D eigenvalue weighted by atomic mass is 10.1. The monoisotopic (exact) mass is 403 g/mol. The third kappa shape index (κ3) is 4.09. The molecule has 1 amide bonds. The van der Waals surface area contributed by atoms with Crippen molar-refractivity contribution in [3.05, 3.63) is 77.2 Å². The molecule has 0 unspecified atom stereocenters. The van der Waals surface area contributed by atoms with E-state index in [4.69, 9.17) is 0 Å². The molecule has 0 aliphatic heterocycles. The van der Waals surface area contributed by atoms with Crippen LogP contribution in [0.15, 0.2) is 61.2 Å². The van der Waals surface area contributed by atoms with Gasteiger partial charge in [0.05, 0.1) is 5.39 Å². The normalized spacial score (nSPS) is 10.8. The summed E-state index contributed by atoms with van der Waals surface area (Å²) in [4.78, 5) is 29.2. The molecule has 4 aromatic rings. The number of carbonyl (C=O) groups is 1. The molecule has 0 saturated heterocycles. The van der Waals surface area contributed by atoms with Crippen LogP contribution in [0.25, 0.3) is 10.2 Å². The largest absolute Gasteiger partial charge is 0.365 e. The van der Waals surface area contributed by atoms with Crippen molar-refractivity contribution in [3.63, 3.8) is 0 Å². The number of benzene rings is 1. The average molecular weight is 404 g/mol. The van der Waals surface area contributed by atoms with E-state index < -0.39 is 0 Å². The van der Waals surface area contributed by atoms with E-state index >= 15 is 0 Å². The molecule has 0 aliphatic rings. The summed E-state index contributed by atoms with van der Waals surface area (Å²) in [5.41, 5.74) is 2.56. The van der Waals surface area contributed by atoms with Gasteiger partial charge >= 0.3 is 0 Å². The maximum absolute atomic E-state index is 12.6. The van der Waals surface area contributed by atoms with E-state index in [-0.39, 0.29) is 5.91 Å². The minimum Gasteiger partial charge on any atom is -0.365 e. The number of anilines is 2. The number of nitrogens with one attached hydrogen (secondary N) is 1. The predicted molar refractivity (Wildman–Crippen MR) is 118 cm³/mol. The molecule has 3 heterocycles. The van der Waals surface area contributed by atoms with Gasteiger partial charge in [0.15, 0.2) is 0 Å². The van der Waals surface area contributed by atoms with Gasteiger partial charge in [0.25, 0.3) is 5.91 Å². The van der Waals surface area contributed by atoms with E-state index in [9.17, 15) is 4.79 Å². The third-order valence-corrected chi connectivity index (χ3v) is 5.93. The molecular formula is C22H21N5OS. The van der Waals surface area contributed by atoms with Gasteiger partial charge in [0, 0.05) is 42.1 Å². The first-order valence-corrected chi connectivity index (χ1v) is 10.2. The fourth-order valence-corrected chi connectivity index (χ4v) is 3.98. The number of carbonyl (C=O) groups excluding carboxylic acids is 1. The molecule has 3 aromatic heterocycles. The minimum absolute atomic E-state index is 0.0640. The van der Waals surface area contributed by atoms with Gasteiger partial charge < -0.3 is 10.2 Å². The van der Waals surface area contributed by atoms with Gasteiger partial charge in [0.2, 0.25) is 0 Å². The highest BCUT2D eigenvalue weighted by Crippen LogP contribution is 2.28. The highest BCUT2D eigenvalue weighted by Gasteiger charge is 2.13. The Hall–Kier alpha value is -3.32. The van der Waals surface area contributed by atoms with E-state index in [1.807, 2.05) is 24.3 Å². The molecule has 0 radical (unpaired) electrons. The number of aryl methyl sites for hydroxylation is 1. The van der Waals surface area contributed by atoms with Gasteiger partial charge in [-0.15, -0.1) is 11.3 Å². The van der Waals surface area contributed by atoms with Crippen LogP contribution >= 0.6 is 11.3 Å². The summed E-state index contributed by atoms with van der Waals surface area (Å²) in [7, 11) is 1.77. The zero-order valence-corrected chi connectivity index (χ0v) is 17.1. The van der Waals surface area contributed by atoms with Crippen molar-refractivity contribution in [1.29, 1.82) is 0 Å². The van der Waals surface area contributed by atoms with E-state index in [0.29, 0.717) is 12.1 Å². The molecular weight excluding hydrogens is 382 g/mol. The minimum atomic E-state index is -0.0640. The van der Waals surface area contributed by atoms with Crippen molar-refractivity contribution in [2.24, 2.45) is 0 Å². The number of fused-ring (bicyclic) bond motifs is 1. The van der Waals surface area contributed by atoms with Crippen LogP contribution in [0, 0.1) is 0 Å². The Kier molecular flexibility index (Phi) is 5.48. The Morgan fingerprint density at radius 2 is 1.86 bits per heavy atom. The number of pyridine rings is 1. The maximum atomic E-state index is 12.6. The first kappa shape index (κ1) is 19.0. The summed E-state index contributed by atoms with van der Waals surface area (Å²) < 4.78 is 0. The van der Waals surface area contributed by atoms with Crippen molar-refractivity contribution >= 4 is 39.0 Å². The van der Waals surface area contributed by atoms with E-state index in [2.05, 4.69) is 33.3 Å². The van der Waals surface area contributed by atoms with Crippen molar-refractivity contribution in [2.75, 3.05) is 17.3 Å². The summed E-state index contributed by atoms with van der Waals surface area (Å²) in [5, 5.41) is 4.47. The average Bonchev–Trinajstić information content (AvgIpc) is 3.22. The lowest BCUT2D eigenvalue weighted by Crippen LogP contribution is -2.26. The first-order valence-electron chi connectivity index (χ1n) is 9.40. The van der Waals surface area contributed by atoms with Gasteiger partial charge in [-0.25, -0.2) is 9.97 Å². The predicted octanol–water partition coefficient (Wildman–Crippen LogP) is 4.54. The number of nitrogens with zero attached hydrogens (tertiary/aromatic N) is 4. The number of rotatable bonds is 6. The maximum Gasteiger partial charge on any atom is 0.258 e. The summed E-state index contributed by atoms with van der Waals surface area (Å²) in [5.74, 6) is 0.783. The van der Waals surface area contributed by atoms with Crippen molar-refractivity contribution < 1.29 is 4.79 Å². The lowest BCUT2D eigenvalue weighted by Gasteiger charge is -2.18. The van der Waals surface area contributed by atoms with Crippen molar-refractivity contribution in [2.45, 2.75) is 19.9 Å². The second kappa shape index (κ2) is 8.36. The van der Waals surface area contributed by atoms with E-state index in [1.165, 1.54) is 4.88 Å². The Labute approximate surface area is 173 Å². The van der Waals surface area contributed by atoms with E-state index in [1.54, 1.807) is 54.1 Å². The molecule has 0 saturated carbocycles. The summed E-state index contributed by atoms with van der Waals surface area (Å²) in [6.45, 7) is 2.79. The fourth-order valence-electron chi connectivity index (χ4n) is 3.05. The Bertz CT molecular complexity index is 1130. The third-order valence-electron chi connectivity index (χ3n) is 4.74. The molecule has 0 aliphatic carbocycles. The SMILES string of the molecule is CCc1cc2c(NCc3ccc(N(C)C(=O)c4ccncc4)cc3)ncnc2s1. The van der Waals surface area contributed by atoms with Gasteiger partial charge in [-0.2, -0.15) is 0 Å². The molecule has 1 N–H and O–H groups in total. The zero-order valence-electron chi connectivity index (χ0n) is 16.3. The molecule has 0 spiro atoms. The van der Waals surface area contributed by atoms with Crippen LogP contribution in [0.4, 0.5) is 11.5 Å². The van der Waals surface area contributed by atoms with E-state index in [0.717, 1.165) is 33.7 Å². The highest BCUT2D eigenvalue weighted by atomic mass is 32.1. The smallest absolute Gasteiger partial charge is 0.258 e. The van der Waals surface area contributed by atoms with Crippen LogP contribution in [0.2, 0.25) is 0 Å². The zero-order chi connectivity index (χ0) is 20.2. The second-order valence-electron chi connectivity index (χ2n) is 6.63. The second-order valence-corrected chi connectivity index (χ2v) is 7.74. The van der Waals surface area contributed by atoms with Crippen LogP contribution in [-0.2, 0) is 13.0 Å². The molecule has 146 valence electrons. The molecule has 7 heteroatoms. The Morgan fingerprint density at radius 1 is 1.10 bits per heavy atom. The number of thiophene rings is 1. The molecule has 4 rings (SSSR count). The summed E-state index contributed by atoms with van der Waals surface area (Å²) in [6.07, 6.45) is 5.84. The number of hydrogen-bond donors (Lipinski definition) is 1. The van der Waals surface area contributed by atoms with Crippen LogP contribution in [0.1, 0.15) is 27.7 Å². The summed E-state index contributed by atoms with van der Waals surface area (Å²) >= 11 is 1.71. The number of hydrogen-bond acceptors (Lipinski definition) is 6. The lowest BCUT2D eigenvalue weighted by molar-refractivity contribution is 0.0993. The Morgan fingerprint density at radius 3 is 2.59 bits per heavy atom. The number of amides is 1. The first-order chi connectivity index (χ1) is 14.2. The Balaban J connectivity index is 1.45. The molecule has 6 nitrogen and oxygen atoms in total. The van der Waals surface area contributed by atoms with Gasteiger partial charge in [0.1, 0.15) is 17.0 Å². The standard InChI is InChI=1S/C22H21N5OS/c1-3-18-12-19-20(25-14-26-21(19)29-18)24-13-15-4-6-17(7-5-15)27(2)22(28)16-8-10-23-11-9-16/h4-12,14H,3,13H2,1-2H3,(H,24,25,26). The number of aromatic nitrogens is 3. The molecule has 0 fully saturated rings. The van der Waals surface area contributed by atoms with Gasteiger partial charge in [-0.05, 0) is 42.3 Å². The van der Waals surface area contributed by atoms with Gasteiger partial charge in [-0.1, -0.05) is 19.1 Å². The summed E-state index contributed by atoms with van der Waals surface area (Å²) in [6, 6.07) is 13.5. The van der Waals surface area contributed by atoms with Crippen molar-refractivity contribution in [1.82, 2.24) is 15.0 Å². The van der Waals surface area contributed by atoms with Gasteiger partial charge in [-0.3, -0.25) is 9.78 Å². The van der Waals surface area contributed by atoms with Crippen molar-refractivity contribution in [3.8, 4) is 0 Å². The highest BCUT2D eigenvalue weighted by molar-refractivity contribution is 7.18. The van der Waals surface area contributed by atoms with Crippen LogP contribution in [-0.4, -0.2) is 27.9 Å². The quantitative estimate of drug-likeness (QED) is 0.512. The molecule has 0 bridgehead atoms. The topological polar surface area (TPSA) is 71.0 Å². The van der Waals surface area contributed by atoms with Crippen LogP contribution in [0.3, 0.4) is 0 Å².